The molecule has 24 heavy (non-hydrogen) atoms. The average Bonchev–Trinajstić information content (AvgIpc) is 2.83. The molecule has 0 saturated heterocycles. The van der Waals surface area contributed by atoms with Crippen LogP contribution in [0.2, 0.25) is 0 Å². The van der Waals surface area contributed by atoms with E-state index in [0.29, 0.717) is 0 Å². The number of rotatable bonds is 3. The average molecular weight is 367 g/mol. The van der Waals surface area contributed by atoms with E-state index >= 15 is 0 Å². The fourth-order valence-electron chi connectivity index (χ4n) is 2.43. The predicted molar refractivity (Wildman–Crippen MR) is 110 cm³/mol. The largest absolute Gasteiger partial charge is 0.303 e. The second kappa shape index (κ2) is 7.55. The molecule has 0 unspecified atom stereocenters. The van der Waals surface area contributed by atoms with Crippen LogP contribution in [-0.4, -0.2) is 24.0 Å². The highest BCUT2D eigenvalue weighted by Crippen LogP contribution is 2.34. The summed E-state index contributed by atoms with van der Waals surface area (Å²) < 4.78 is 0. The zero-order valence-electron chi connectivity index (χ0n) is 16.2. The number of benzene rings is 1. The predicted octanol–water partition coefficient (Wildman–Crippen LogP) is 5.89. The molecule has 4 heteroatoms. The fourth-order valence-corrected chi connectivity index (χ4v) is 3.35. The molecule has 0 radical (unpaired) electrons. The number of nitrogens with zero attached hydrogens (tertiary/aromatic N) is 2. The van der Waals surface area contributed by atoms with Gasteiger partial charge >= 0.3 is 0 Å². The summed E-state index contributed by atoms with van der Waals surface area (Å²) in [6.07, 6.45) is 0. The Bertz CT molecular complexity index is 643. The van der Waals surface area contributed by atoms with E-state index in [1.165, 1.54) is 21.7 Å². The number of halogens is 1. The van der Waals surface area contributed by atoms with Crippen LogP contribution in [-0.2, 0) is 17.4 Å². The highest BCUT2D eigenvalue weighted by atomic mass is 35.5. The van der Waals surface area contributed by atoms with Gasteiger partial charge in [-0.1, -0.05) is 47.6 Å². The van der Waals surface area contributed by atoms with Crippen LogP contribution in [0.15, 0.2) is 23.6 Å². The second-order valence-electron chi connectivity index (χ2n) is 8.66. The summed E-state index contributed by atoms with van der Waals surface area (Å²) >= 11 is 1.75. The standard InChI is InChI=1S/C20H30N2S.ClH/c1-19(2,3)15-9-14(10-16(11-15)20(4,5)6)17-13-23-18(21-17)12-22(7)8;/h9-11,13H,12H2,1-8H3;1H. The van der Waals surface area contributed by atoms with Crippen LogP contribution in [0.25, 0.3) is 11.3 Å². The van der Waals surface area contributed by atoms with Crippen molar-refractivity contribution in [3.05, 3.63) is 39.7 Å². The van der Waals surface area contributed by atoms with Gasteiger partial charge in [-0.25, -0.2) is 4.98 Å². The van der Waals surface area contributed by atoms with Gasteiger partial charge in [-0.15, -0.1) is 23.7 Å². The van der Waals surface area contributed by atoms with Crippen molar-refractivity contribution in [3.63, 3.8) is 0 Å². The van der Waals surface area contributed by atoms with E-state index in [0.717, 1.165) is 12.2 Å². The molecule has 2 aromatic rings. The summed E-state index contributed by atoms with van der Waals surface area (Å²) in [7, 11) is 4.16. The molecule has 0 N–H and O–H groups in total. The van der Waals surface area contributed by atoms with Gasteiger partial charge in [0.15, 0.2) is 0 Å². The van der Waals surface area contributed by atoms with E-state index in [4.69, 9.17) is 4.98 Å². The van der Waals surface area contributed by atoms with Crippen molar-refractivity contribution in [2.75, 3.05) is 14.1 Å². The molecule has 1 aromatic heterocycles. The smallest absolute Gasteiger partial charge is 0.107 e. The minimum atomic E-state index is 0. The summed E-state index contributed by atoms with van der Waals surface area (Å²) in [5.74, 6) is 0. The first-order chi connectivity index (χ1) is 10.5. The van der Waals surface area contributed by atoms with Crippen molar-refractivity contribution in [2.45, 2.75) is 58.9 Å². The Kier molecular flexibility index (Phi) is 6.65. The molecule has 134 valence electrons. The van der Waals surface area contributed by atoms with Crippen molar-refractivity contribution in [2.24, 2.45) is 0 Å². The molecule has 0 aliphatic rings. The van der Waals surface area contributed by atoms with E-state index in [-0.39, 0.29) is 23.2 Å². The van der Waals surface area contributed by atoms with E-state index in [1.807, 2.05) is 0 Å². The van der Waals surface area contributed by atoms with Crippen molar-refractivity contribution in [1.29, 1.82) is 0 Å². The first kappa shape index (κ1) is 21.1. The van der Waals surface area contributed by atoms with E-state index in [2.05, 4.69) is 84.1 Å². The molecule has 2 nitrogen and oxygen atoms in total. The van der Waals surface area contributed by atoms with Gasteiger partial charge < -0.3 is 4.90 Å². The van der Waals surface area contributed by atoms with Gasteiger partial charge in [0.1, 0.15) is 5.01 Å². The maximum absolute atomic E-state index is 4.84. The van der Waals surface area contributed by atoms with Crippen molar-refractivity contribution in [3.8, 4) is 11.3 Å². The third-order valence-corrected chi connectivity index (χ3v) is 4.80. The summed E-state index contributed by atoms with van der Waals surface area (Å²) in [5.41, 5.74) is 5.37. The summed E-state index contributed by atoms with van der Waals surface area (Å²) in [4.78, 5) is 7.01. The Labute approximate surface area is 157 Å². The minimum absolute atomic E-state index is 0. The maximum Gasteiger partial charge on any atom is 0.107 e. The molecular formula is C20H31ClN2S. The van der Waals surface area contributed by atoms with Crippen LogP contribution in [0.4, 0.5) is 0 Å². The van der Waals surface area contributed by atoms with Crippen LogP contribution in [0.1, 0.15) is 57.7 Å². The highest BCUT2D eigenvalue weighted by Gasteiger charge is 2.21. The number of thiazole rings is 1. The Morgan fingerprint density at radius 1 is 0.917 bits per heavy atom. The van der Waals surface area contributed by atoms with E-state index in [1.54, 1.807) is 11.3 Å². The third kappa shape index (κ3) is 5.30. The molecule has 0 fully saturated rings. The molecule has 0 amide bonds. The van der Waals surface area contributed by atoms with Crippen LogP contribution in [0, 0.1) is 0 Å². The molecule has 0 spiro atoms. The van der Waals surface area contributed by atoms with Crippen molar-refractivity contribution in [1.82, 2.24) is 9.88 Å². The molecule has 2 rings (SSSR count). The quantitative estimate of drug-likeness (QED) is 0.673. The number of hydrogen-bond acceptors (Lipinski definition) is 3. The monoisotopic (exact) mass is 366 g/mol. The Hall–Kier alpha value is -0.900. The minimum Gasteiger partial charge on any atom is -0.303 e. The maximum atomic E-state index is 4.84. The van der Waals surface area contributed by atoms with Crippen LogP contribution in [0.3, 0.4) is 0 Å². The van der Waals surface area contributed by atoms with Crippen LogP contribution in [0.5, 0.6) is 0 Å². The molecule has 0 aliphatic heterocycles. The molecule has 0 saturated carbocycles. The van der Waals surface area contributed by atoms with Crippen LogP contribution < -0.4 is 0 Å². The summed E-state index contributed by atoms with van der Waals surface area (Å²) in [6.45, 7) is 14.5. The molecule has 0 bridgehead atoms. The normalized spacial score (nSPS) is 12.4. The fraction of sp³-hybridized carbons (Fsp3) is 0.550. The van der Waals surface area contributed by atoms with E-state index < -0.39 is 0 Å². The lowest BCUT2D eigenvalue weighted by molar-refractivity contribution is 0.402. The van der Waals surface area contributed by atoms with Gasteiger partial charge in [-0.2, -0.15) is 0 Å². The zero-order chi connectivity index (χ0) is 17.4. The lowest BCUT2D eigenvalue weighted by atomic mass is 9.79. The molecule has 1 aromatic carbocycles. The summed E-state index contributed by atoms with van der Waals surface area (Å²) in [5, 5.41) is 3.36. The van der Waals surface area contributed by atoms with Gasteiger partial charge in [0.2, 0.25) is 0 Å². The van der Waals surface area contributed by atoms with Gasteiger partial charge in [0.25, 0.3) is 0 Å². The molecule has 0 atom stereocenters. The third-order valence-electron chi connectivity index (χ3n) is 3.96. The van der Waals surface area contributed by atoms with Gasteiger partial charge in [0.05, 0.1) is 5.69 Å². The number of hydrogen-bond donors (Lipinski definition) is 0. The highest BCUT2D eigenvalue weighted by molar-refractivity contribution is 7.09. The molecule has 0 aliphatic carbocycles. The lowest BCUT2D eigenvalue weighted by Crippen LogP contribution is -2.16. The van der Waals surface area contributed by atoms with Crippen LogP contribution >= 0.6 is 23.7 Å². The summed E-state index contributed by atoms with van der Waals surface area (Å²) in [6, 6.07) is 6.98. The van der Waals surface area contributed by atoms with Gasteiger partial charge in [-0.05, 0) is 48.2 Å². The van der Waals surface area contributed by atoms with Crippen molar-refractivity contribution >= 4 is 23.7 Å². The first-order valence-electron chi connectivity index (χ1n) is 8.22. The SMILES string of the molecule is CN(C)Cc1nc(-c2cc(C(C)(C)C)cc(C(C)(C)C)c2)cs1.Cl. The Balaban J connectivity index is 0.00000288. The number of aromatic nitrogens is 1. The van der Waals surface area contributed by atoms with Gasteiger partial charge in [0, 0.05) is 17.5 Å². The van der Waals surface area contributed by atoms with Gasteiger partial charge in [-0.3, -0.25) is 0 Å². The lowest BCUT2D eigenvalue weighted by Gasteiger charge is -2.26. The zero-order valence-corrected chi connectivity index (χ0v) is 17.9. The second-order valence-corrected chi connectivity index (χ2v) is 9.61. The van der Waals surface area contributed by atoms with Crippen molar-refractivity contribution < 1.29 is 0 Å². The first-order valence-corrected chi connectivity index (χ1v) is 9.10. The topological polar surface area (TPSA) is 16.1 Å². The van der Waals surface area contributed by atoms with E-state index in [9.17, 15) is 0 Å². The molecular weight excluding hydrogens is 336 g/mol. The Morgan fingerprint density at radius 2 is 1.42 bits per heavy atom. The molecule has 1 heterocycles. The Morgan fingerprint density at radius 3 is 1.83 bits per heavy atom.